The molecule has 25 heavy (non-hydrogen) atoms. The normalized spacial score (nSPS) is 20.1. The van der Waals surface area contributed by atoms with Crippen molar-refractivity contribution in [3.05, 3.63) is 46.7 Å². The van der Waals surface area contributed by atoms with E-state index in [1.54, 1.807) is 6.20 Å². The summed E-state index contributed by atoms with van der Waals surface area (Å²) < 4.78 is 29.2. The van der Waals surface area contributed by atoms with Crippen molar-refractivity contribution in [2.45, 2.75) is 31.3 Å². The largest absolute Gasteiger partial charge is 0.365 e. The molecule has 0 aromatic carbocycles. The van der Waals surface area contributed by atoms with Gasteiger partial charge in [-0.3, -0.25) is 0 Å². The van der Waals surface area contributed by atoms with Crippen molar-refractivity contribution >= 4 is 33.3 Å². The molecule has 3 heterocycles. The van der Waals surface area contributed by atoms with Gasteiger partial charge in [-0.2, -0.15) is 4.98 Å². The Bertz CT molecular complexity index is 915. The maximum atomic E-state index is 13.9. The smallest absolute Gasteiger partial charge is 0.243 e. The molecular weight excluding hydrogens is 394 g/mol. The second-order valence-electron chi connectivity index (χ2n) is 6.06. The SMILES string of the molecule is Fc1ccn2nc(N[C@H]3CC[C@H](Nc4ncc(Br)cc4F)C3)nc2c1. The van der Waals surface area contributed by atoms with Crippen LogP contribution in [0.5, 0.6) is 0 Å². The molecule has 0 aliphatic heterocycles. The van der Waals surface area contributed by atoms with Crippen LogP contribution in [0.4, 0.5) is 20.5 Å². The van der Waals surface area contributed by atoms with Gasteiger partial charge in [-0.1, -0.05) is 0 Å². The van der Waals surface area contributed by atoms with Crippen LogP contribution in [-0.2, 0) is 0 Å². The molecule has 4 rings (SSSR count). The molecule has 9 heteroatoms. The van der Waals surface area contributed by atoms with Crippen LogP contribution < -0.4 is 10.6 Å². The fourth-order valence-corrected chi connectivity index (χ4v) is 3.36. The van der Waals surface area contributed by atoms with Gasteiger partial charge in [0.25, 0.3) is 0 Å². The number of halogens is 3. The first kappa shape index (κ1) is 16.2. The minimum atomic E-state index is -0.380. The number of pyridine rings is 2. The third kappa shape index (κ3) is 3.55. The number of anilines is 2. The highest BCUT2D eigenvalue weighted by atomic mass is 79.9. The van der Waals surface area contributed by atoms with E-state index in [4.69, 9.17) is 0 Å². The van der Waals surface area contributed by atoms with E-state index in [-0.39, 0.29) is 29.5 Å². The van der Waals surface area contributed by atoms with Crippen LogP contribution in [0, 0.1) is 11.6 Å². The zero-order chi connectivity index (χ0) is 17.4. The second kappa shape index (κ2) is 6.55. The van der Waals surface area contributed by atoms with E-state index < -0.39 is 0 Å². The third-order valence-electron chi connectivity index (χ3n) is 4.21. The van der Waals surface area contributed by atoms with Crippen LogP contribution in [0.1, 0.15) is 19.3 Å². The first-order chi connectivity index (χ1) is 12.1. The van der Waals surface area contributed by atoms with Crippen LogP contribution >= 0.6 is 15.9 Å². The summed E-state index contributed by atoms with van der Waals surface area (Å²) in [6.45, 7) is 0. The van der Waals surface area contributed by atoms with Gasteiger partial charge in [0.05, 0.1) is 0 Å². The van der Waals surface area contributed by atoms with E-state index >= 15 is 0 Å². The topological polar surface area (TPSA) is 67.1 Å². The summed E-state index contributed by atoms with van der Waals surface area (Å²) in [6.07, 6.45) is 5.68. The lowest BCUT2D eigenvalue weighted by Crippen LogP contribution is -2.22. The maximum absolute atomic E-state index is 13.9. The quantitative estimate of drug-likeness (QED) is 0.689. The van der Waals surface area contributed by atoms with Crippen LogP contribution in [0.2, 0.25) is 0 Å². The predicted octanol–water partition coefficient (Wildman–Crippen LogP) is 3.61. The summed E-state index contributed by atoms with van der Waals surface area (Å²) in [6, 6.07) is 4.34. The van der Waals surface area contributed by atoms with Crippen molar-refractivity contribution in [1.82, 2.24) is 19.6 Å². The molecule has 1 aliphatic carbocycles. The molecule has 2 N–H and O–H groups in total. The minimum absolute atomic E-state index is 0.121. The molecule has 0 spiro atoms. The van der Waals surface area contributed by atoms with Crippen molar-refractivity contribution < 1.29 is 8.78 Å². The lowest BCUT2D eigenvalue weighted by atomic mass is 10.2. The molecule has 0 bridgehead atoms. The molecule has 0 saturated heterocycles. The molecule has 0 radical (unpaired) electrons. The molecule has 130 valence electrons. The average molecular weight is 409 g/mol. The summed E-state index contributed by atoms with van der Waals surface area (Å²) in [7, 11) is 0. The lowest BCUT2D eigenvalue weighted by Gasteiger charge is -2.15. The number of hydrogen-bond donors (Lipinski definition) is 2. The van der Waals surface area contributed by atoms with E-state index in [9.17, 15) is 8.78 Å². The van der Waals surface area contributed by atoms with E-state index in [0.29, 0.717) is 16.1 Å². The first-order valence-electron chi connectivity index (χ1n) is 7.93. The highest BCUT2D eigenvalue weighted by Gasteiger charge is 2.26. The highest BCUT2D eigenvalue weighted by molar-refractivity contribution is 9.10. The molecule has 3 aromatic heterocycles. The zero-order valence-corrected chi connectivity index (χ0v) is 14.7. The monoisotopic (exact) mass is 408 g/mol. The van der Waals surface area contributed by atoms with Gasteiger partial charge in [0.1, 0.15) is 5.82 Å². The Kier molecular flexibility index (Phi) is 4.24. The van der Waals surface area contributed by atoms with E-state index in [1.165, 1.54) is 28.9 Å². The van der Waals surface area contributed by atoms with Crippen LogP contribution in [0.15, 0.2) is 35.1 Å². The zero-order valence-electron chi connectivity index (χ0n) is 13.1. The van der Waals surface area contributed by atoms with Gasteiger partial charge in [-0.25, -0.2) is 18.3 Å². The molecule has 0 amide bonds. The Labute approximate surface area is 150 Å². The molecule has 3 aromatic rings. The summed E-state index contributed by atoms with van der Waals surface area (Å²) in [4.78, 5) is 8.34. The lowest BCUT2D eigenvalue weighted by molar-refractivity contribution is 0.615. The Balaban J connectivity index is 1.40. The van der Waals surface area contributed by atoms with Crippen molar-refractivity contribution in [2.24, 2.45) is 0 Å². The number of aromatic nitrogens is 4. The molecule has 0 unspecified atom stereocenters. The fraction of sp³-hybridized carbons (Fsp3) is 0.312. The van der Waals surface area contributed by atoms with Gasteiger partial charge in [-0.15, -0.1) is 5.10 Å². The van der Waals surface area contributed by atoms with Crippen LogP contribution in [0.3, 0.4) is 0 Å². The summed E-state index contributed by atoms with van der Waals surface area (Å²) in [5, 5.41) is 10.7. The molecule has 2 atom stereocenters. The number of nitrogens with one attached hydrogen (secondary N) is 2. The van der Waals surface area contributed by atoms with Crippen molar-refractivity contribution in [3.63, 3.8) is 0 Å². The Morgan fingerprint density at radius 3 is 2.76 bits per heavy atom. The van der Waals surface area contributed by atoms with Gasteiger partial charge in [-0.05, 0) is 47.3 Å². The third-order valence-corrected chi connectivity index (χ3v) is 4.65. The number of nitrogens with zero attached hydrogens (tertiary/aromatic N) is 4. The first-order valence-corrected chi connectivity index (χ1v) is 8.72. The van der Waals surface area contributed by atoms with Gasteiger partial charge < -0.3 is 10.6 Å². The average Bonchev–Trinajstić information content (AvgIpc) is 3.16. The number of rotatable bonds is 4. The molecule has 1 saturated carbocycles. The van der Waals surface area contributed by atoms with Crippen LogP contribution in [0.25, 0.3) is 5.65 Å². The Morgan fingerprint density at radius 2 is 1.96 bits per heavy atom. The van der Waals surface area contributed by atoms with Crippen molar-refractivity contribution in [3.8, 4) is 0 Å². The van der Waals surface area contributed by atoms with Crippen LogP contribution in [-0.4, -0.2) is 31.7 Å². The summed E-state index contributed by atoms with van der Waals surface area (Å²) in [5.41, 5.74) is 0.455. The van der Waals surface area contributed by atoms with Gasteiger partial charge in [0.2, 0.25) is 5.95 Å². The van der Waals surface area contributed by atoms with E-state index in [0.717, 1.165) is 19.3 Å². The summed E-state index contributed by atoms with van der Waals surface area (Å²) in [5.74, 6) is -0.00480. The number of hydrogen-bond acceptors (Lipinski definition) is 5. The Hall–Kier alpha value is -2.29. The fourth-order valence-electron chi connectivity index (χ4n) is 3.06. The standard InChI is InChI=1S/C16H15BrF2N6/c17-9-5-13(19)15(20-8-9)21-11-1-2-12(7-11)22-16-23-14-6-10(18)3-4-25(14)24-16/h3-6,8,11-12H,1-2,7H2,(H,20,21)(H,22,24)/t11-,12-/m0/s1. The maximum Gasteiger partial charge on any atom is 0.243 e. The van der Waals surface area contributed by atoms with Gasteiger partial charge in [0.15, 0.2) is 17.3 Å². The molecule has 6 nitrogen and oxygen atoms in total. The second-order valence-corrected chi connectivity index (χ2v) is 6.98. The highest BCUT2D eigenvalue weighted by Crippen LogP contribution is 2.26. The molecule has 1 aliphatic rings. The molecule has 1 fully saturated rings. The van der Waals surface area contributed by atoms with Gasteiger partial charge >= 0.3 is 0 Å². The predicted molar refractivity (Wildman–Crippen MR) is 93.5 cm³/mol. The summed E-state index contributed by atoms with van der Waals surface area (Å²) >= 11 is 3.19. The molecular formula is C16H15BrF2N6. The Morgan fingerprint density at radius 1 is 1.16 bits per heavy atom. The van der Waals surface area contributed by atoms with Crippen molar-refractivity contribution in [2.75, 3.05) is 10.6 Å². The van der Waals surface area contributed by atoms with Crippen molar-refractivity contribution in [1.29, 1.82) is 0 Å². The van der Waals surface area contributed by atoms with Gasteiger partial charge in [0, 0.05) is 35.0 Å². The number of fused-ring (bicyclic) bond motifs is 1. The van der Waals surface area contributed by atoms with E-state index in [1.807, 2.05) is 0 Å². The van der Waals surface area contributed by atoms with E-state index in [2.05, 4.69) is 41.6 Å². The minimum Gasteiger partial charge on any atom is -0.365 e.